The van der Waals surface area contributed by atoms with Crippen LogP contribution in [0.1, 0.15) is 9.67 Å². The van der Waals surface area contributed by atoms with E-state index in [1.54, 1.807) is 7.11 Å². The molecule has 10 heteroatoms. The summed E-state index contributed by atoms with van der Waals surface area (Å²) in [5.74, 6) is -4.23. The summed E-state index contributed by atoms with van der Waals surface area (Å²) in [4.78, 5) is 11.0. The number of methoxy groups -OCH3 is 1. The molecule has 0 atom stereocenters. The highest BCUT2D eigenvalue weighted by Gasteiger charge is 2.31. The highest BCUT2D eigenvalue weighted by Crippen LogP contribution is 2.26. The van der Waals surface area contributed by atoms with Crippen molar-refractivity contribution in [2.24, 2.45) is 0 Å². The summed E-state index contributed by atoms with van der Waals surface area (Å²) in [5, 5.41) is 6.74. The monoisotopic (exact) mass is 342 g/mol. The highest BCUT2D eigenvalue weighted by molar-refractivity contribution is 7.92. The second-order valence-corrected chi connectivity index (χ2v) is 6.72. The maximum Gasteiger partial charge on any atom is 0.341 e. The zero-order valence-electron chi connectivity index (χ0n) is 11.3. The van der Waals surface area contributed by atoms with E-state index in [4.69, 9.17) is 4.74 Å². The Morgan fingerprint density at radius 3 is 2.71 bits per heavy atom. The van der Waals surface area contributed by atoms with Crippen LogP contribution in [-0.4, -0.2) is 53.4 Å². The van der Waals surface area contributed by atoms with Gasteiger partial charge in [-0.2, -0.15) is 8.78 Å². The zero-order chi connectivity index (χ0) is 15.9. The van der Waals surface area contributed by atoms with Gasteiger partial charge in [0.2, 0.25) is 9.84 Å². The van der Waals surface area contributed by atoms with E-state index in [1.807, 2.05) is 0 Å². The molecule has 0 aliphatic carbocycles. The molecule has 1 aromatic heterocycles. The molecule has 6 nitrogen and oxygen atoms in total. The number of rotatable bonds is 9. The van der Waals surface area contributed by atoms with Crippen molar-refractivity contribution in [1.29, 1.82) is 0 Å². The molecule has 0 saturated heterocycles. The molecule has 0 aliphatic rings. The van der Waals surface area contributed by atoms with Gasteiger partial charge in [0.15, 0.2) is 0 Å². The van der Waals surface area contributed by atoms with Gasteiger partial charge in [-0.3, -0.25) is 4.79 Å². The first kappa shape index (κ1) is 18.0. The standard InChI is InChI=1S/C11H16F2N2O4S2/c1-19-6-5-14-3-4-15-10(16)9-8(2-7-20-9)21(17,18)11(12)13/h2,7,11,14H,3-6H2,1H3,(H,15,16). The van der Waals surface area contributed by atoms with Gasteiger partial charge in [-0.15, -0.1) is 11.3 Å². The van der Waals surface area contributed by atoms with Crippen molar-refractivity contribution in [1.82, 2.24) is 10.6 Å². The molecule has 0 unspecified atom stereocenters. The third-order valence-electron chi connectivity index (χ3n) is 2.45. The van der Waals surface area contributed by atoms with E-state index in [2.05, 4.69) is 10.6 Å². The third kappa shape index (κ3) is 4.99. The fourth-order valence-corrected chi connectivity index (χ4v) is 3.51. The number of hydrogen-bond acceptors (Lipinski definition) is 6. The normalized spacial score (nSPS) is 11.8. The van der Waals surface area contributed by atoms with E-state index in [0.717, 1.165) is 17.4 Å². The van der Waals surface area contributed by atoms with Crippen molar-refractivity contribution < 1.29 is 26.7 Å². The number of amides is 1. The van der Waals surface area contributed by atoms with E-state index in [1.165, 1.54) is 5.38 Å². The Labute approximate surface area is 125 Å². The molecule has 0 aliphatic heterocycles. The van der Waals surface area contributed by atoms with Gasteiger partial charge in [0, 0.05) is 26.7 Å². The lowest BCUT2D eigenvalue weighted by molar-refractivity contribution is 0.0954. The molecular weight excluding hydrogens is 326 g/mol. The zero-order valence-corrected chi connectivity index (χ0v) is 12.9. The van der Waals surface area contributed by atoms with Gasteiger partial charge in [0.05, 0.1) is 11.5 Å². The summed E-state index contributed by atoms with van der Waals surface area (Å²) < 4.78 is 52.7. The van der Waals surface area contributed by atoms with Gasteiger partial charge in [-0.1, -0.05) is 0 Å². The SMILES string of the molecule is COCCNCCNC(=O)c1sccc1S(=O)(=O)C(F)F. The summed E-state index contributed by atoms with van der Waals surface area (Å²) >= 11 is 0.809. The first-order valence-corrected chi connectivity index (χ1v) is 8.41. The summed E-state index contributed by atoms with van der Waals surface area (Å²) in [6, 6.07) is 1.01. The second-order valence-electron chi connectivity index (χ2n) is 3.92. The second kappa shape index (κ2) is 8.37. The minimum absolute atomic E-state index is 0.229. The Kier molecular flexibility index (Phi) is 7.15. The lowest BCUT2D eigenvalue weighted by Crippen LogP contribution is -2.33. The number of carbonyl (C=O) groups excluding carboxylic acids is 1. The molecule has 1 aromatic rings. The topological polar surface area (TPSA) is 84.5 Å². The van der Waals surface area contributed by atoms with E-state index in [0.29, 0.717) is 19.7 Å². The van der Waals surface area contributed by atoms with Gasteiger partial charge >= 0.3 is 5.76 Å². The molecule has 0 fully saturated rings. The fourth-order valence-electron chi connectivity index (χ4n) is 1.43. The fraction of sp³-hybridized carbons (Fsp3) is 0.545. The van der Waals surface area contributed by atoms with Crippen molar-refractivity contribution >= 4 is 27.1 Å². The number of hydrogen-bond donors (Lipinski definition) is 2. The molecule has 0 saturated carbocycles. The minimum Gasteiger partial charge on any atom is -0.383 e. The molecule has 21 heavy (non-hydrogen) atoms. The molecule has 1 amide bonds. The molecule has 0 aromatic carbocycles. The highest BCUT2D eigenvalue weighted by atomic mass is 32.2. The smallest absolute Gasteiger partial charge is 0.341 e. The average Bonchev–Trinajstić information content (AvgIpc) is 2.92. The Balaban J connectivity index is 2.59. The number of carbonyl (C=O) groups is 1. The number of alkyl halides is 2. The Hall–Kier alpha value is -1.10. The molecule has 120 valence electrons. The quantitative estimate of drug-likeness (QED) is 0.646. The maximum atomic E-state index is 12.5. The molecule has 0 spiro atoms. The van der Waals surface area contributed by atoms with Crippen LogP contribution in [0.4, 0.5) is 8.78 Å². The first-order valence-electron chi connectivity index (χ1n) is 5.98. The first-order chi connectivity index (χ1) is 9.91. The lowest BCUT2D eigenvalue weighted by atomic mass is 10.4. The summed E-state index contributed by atoms with van der Waals surface area (Å²) in [7, 11) is -3.21. The summed E-state index contributed by atoms with van der Waals surface area (Å²) in [5.41, 5.74) is 0. The van der Waals surface area contributed by atoms with Crippen LogP contribution in [0.3, 0.4) is 0 Å². The van der Waals surface area contributed by atoms with E-state index < -0.39 is 26.4 Å². The van der Waals surface area contributed by atoms with Crippen LogP contribution >= 0.6 is 11.3 Å². The maximum absolute atomic E-state index is 12.5. The average molecular weight is 342 g/mol. The molecular formula is C11H16F2N2O4S2. The Morgan fingerprint density at radius 1 is 1.38 bits per heavy atom. The van der Waals surface area contributed by atoms with Crippen LogP contribution in [-0.2, 0) is 14.6 Å². The van der Waals surface area contributed by atoms with Crippen molar-refractivity contribution in [3.63, 3.8) is 0 Å². The molecule has 1 rings (SSSR count). The third-order valence-corrected chi connectivity index (χ3v) is 4.91. The minimum atomic E-state index is -4.77. The predicted octanol–water partition coefficient (Wildman–Crippen LogP) is 0.710. The van der Waals surface area contributed by atoms with E-state index in [9.17, 15) is 22.0 Å². The van der Waals surface area contributed by atoms with Crippen LogP contribution in [0.25, 0.3) is 0 Å². The summed E-state index contributed by atoms with van der Waals surface area (Å²) in [6.07, 6.45) is 0. The van der Waals surface area contributed by atoms with Crippen molar-refractivity contribution in [3.8, 4) is 0 Å². The van der Waals surface area contributed by atoms with Crippen LogP contribution in [0.15, 0.2) is 16.3 Å². The van der Waals surface area contributed by atoms with Gasteiger partial charge in [0.1, 0.15) is 4.88 Å². The van der Waals surface area contributed by atoms with Crippen LogP contribution in [0.5, 0.6) is 0 Å². The van der Waals surface area contributed by atoms with E-state index in [-0.39, 0.29) is 11.4 Å². The van der Waals surface area contributed by atoms with Gasteiger partial charge in [-0.05, 0) is 11.4 Å². The molecule has 0 radical (unpaired) electrons. The van der Waals surface area contributed by atoms with Crippen LogP contribution in [0, 0.1) is 0 Å². The number of thiophene rings is 1. The molecule has 1 heterocycles. The van der Waals surface area contributed by atoms with Crippen molar-refractivity contribution in [2.75, 3.05) is 33.4 Å². The molecule has 2 N–H and O–H groups in total. The number of nitrogens with one attached hydrogen (secondary N) is 2. The van der Waals surface area contributed by atoms with Crippen LogP contribution < -0.4 is 10.6 Å². The Bertz CT molecular complexity index is 560. The van der Waals surface area contributed by atoms with Crippen LogP contribution in [0.2, 0.25) is 0 Å². The van der Waals surface area contributed by atoms with E-state index >= 15 is 0 Å². The van der Waals surface area contributed by atoms with Gasteiger partial charge in [0.25, 0.3) is 5.91 Å². The van der Waals surface area contributed by atoms with Crippen molar-refractivity contribution in [3.05, 3.63) is 16.3 Å². The number of sulfone groups is 1. The predicted molar refractivity (Wildman–Crippen MR) is 74.6 cm³/mol. The van der Waals surface area contributed by atoms with Crippen molar-refractivity contribution in [2.45, 2.75) is 10.7 Å². The molecule has 0 bridgehead atoms. The van der Waals surface area contributed by atoms with Gasteiger partial charge in [-0.25, -0.2) is 8.42 Å². The summed E-state index contributed by atoms with van der Waals surface area (Å²) in [6.45, 7) is 1.83. The number of ether oxygens (including phenoxy) is 1. The van der Waals surface area contributed by atoms with Gasteiger partial charge < -0.3 is 15.4 Å². The number of halogens is 2. The lowest BCUT2D eigenvalue weighted by Gasteiger charge is -2.07. The largest absolute Gasteiger partial charge is 0.383 e. The Morgan fingerprint density at radius 2 is 2.10 bits per heavy atom.